The van der Waals surface area contributed by atoms with Gasteiger partial charge >= 0.3 is 177 Å². The van der Waals surface area contributed by atoms with Crippen LogP contribution in [0.4, 0.5) is 22.4 Å². The third kappa shape index (κ3) is 5.76. The summed E-state index contributed by atoms with van der Waals surface area (Å²) in [5.74, 6) is -0.437. The van der Waals surface area contributed by atoms with Crippen LogP contribution < -0.4 is 4.74 Å². The number of benzene rings is 2. The SMILES string of the molecule is C=C1OI(C(F)(F)C(F)(F)Oc2ccc(CCN(C)C(=O)OC(C)(C)C)cc2)c2ccccc21. The van der Waals surface area contributed by atoms with Gasteiger partial charge in [-0.05, 0) is 20.8 Å². The van der Waals surface area contributed by atoms with E-state index in [9.17, 15) is 22.4 Å². The van der Waals surface area contributed by atoms with Crippen molar-refractivity contribution >= 4 is 32.1 Å². The summed E-state index contributed by atoms with van der Waals surface area (Å²) in [4.78, 5) is 13.4. The molecule has 2 aromatic carbocycles. The van der Waals surface area contributed by atoms with E-state index in [0.29, 0.717) is 24.1 Å². The average Bonchev–Trinajstić information content (AvgIpc) is 3.09. The van der Waals surface area contributed by atoms with Crippen LogP contribution >= 0.6 is 20.2 Å². The van der Waals surface area contributed by atoms with E-state index in [2.05, 4.69) is 11.3 Å². The molecule has 34 heavy (non-hydrogen) atoms. The molecule has 3 rings (SSSR count). The molecule has 0 N–H and O–H groups in total. The van der Waals surface area contributed by atoms with Gasteiger partial charge in [-0.25, -0.2) is 0 Å². The molecule has 0 atom stereocenters. The van der Waals surface area contributed by atoms with Crippen molar-refractivity contribution in [1.82, 2.24) is 4.90 Å². The first-order chi connectivity index (χ1) is 15.7. The molecule has 1 aliphatic heterocycles. The minimum absolute atomic E-state index is 0.0306. The average molecular weight is 595 g/mol. The summed E-state index contributed by atoms with van der Waals surface area (Å²) in [6.45, 7) is 9.15. The van der Waals surface area contributed by atoms with E-state index >= 15 is 0 Å². The predicted molar refractivity (Wildman–Crippen MR) is 129 cm³/mol. The van der Waals surface area contributed by atoms with Gasteiger partial charge in [0.2, 0.25) is 0 Å². The Bertz CT molecular complexity index is 1050. The molecule has 186 valence electrons. The Morgan fingerprint density at radius 3 is 2.29 bits per heavy atom. The van der Waals surface area contributed by atoms with Gasteiger partial charge in [0.25, 0.3) is 0 Å². The van der Waals surface area contributed by atoms with Crippen molar-refractivity contribution in [1.29, 1.82) is 0 Å². The second-order valence-corrected chi connectivity index (χ2v) is 13.0. The van der Waals surface area contributed by atoms with Gasteiger partial charge < -0.3 is 0 Å². The molecule has 1 heterocycles. The summed E-state index contributed by atoms with van der Waals surface area (Å²) in [5.41, 5.74) is 0.404. The first-order valence-corrected chi connectivity index (χ1v) is 13.4. The third-order valence-corrected chi connectivity index (χ3v) is 9.51. The second kappa shape index (κ2) is 9.63. The van der Waals surface area contributed by atoms with Crippen LogP contribution in [0.3, 0.4) is 0 Å². The van der Waals surface area contributed by atoms with Crippen LogP contribution in [0.15, 0.2) is 55.1 Å². The Kier molecular flexibility index (Phi) is 7.40. The summed E-state index contributed by atoms with van der Waals surface area (Å²) >= 11 is -4.14. The Morgan fingerprint density at radius 1 is 1.06 bits per heavy atom. The molecule has 1 amide bonds. The summed E-state index contributed by atoms with van der Waals surface area (Å²) in [6, 6.07) is 11.3. The van der Waals surface area contributed by atoms with Crippen molar-refractivity contribution < 1.29 is 34.9 Å². The maximum atomic E-state index is 14.9. The Hall–Kier alpha value is -2.50. The van der Waals surface area contributed by atoms with Crippen molar-refractivity contribution in [2.24, 2.45) is 0 Å². The van der Waals surface area contributed by atoms with Crippen LogP contribution in [-0.2, 0) is 14.2 Å². The number of fused-ring (bicyclic) bond motifs is 1. The number of alkyl halides is 5. The number of hydrogen-bond donors (Lipinski definition) is 0. The summed E-state index contributed by atoms with van der Waals surface area (Å²) in [7, 11) is 1.58. The summed E-state index contributed by atoms with van der Waals surface area (Å²) in [6.07, 6.45) is -4.86. The normalized spacial score (nSPS) is 14.9. The number of ether oxygens (including phenoxy) is 2. The fourth-order valence-electron chi connectivity index (χ4n) is 2.95. The third-order valence-electron chi connectivity index (χ3n) is 4.69. The van der Waals surface area contributed by atoms with Crippen molar-refractivity contribution in [2.75, 3.05) is 13.6 Å². The molecule has 0 aliphatic carbocycles. The standard InChI is InChI=1S/C24H26F4INO4/c1-16-19-8-6-7-9-20(19)29(34-16)23(25,26)24(27,28)32-18-12-10-17(11-13-18)14-15-30(5)21(31)33-22(2,3)4/h6-13H,1,14-15H2,2-5H3. The number of hydrogen-bond acceptors (Lipinski definition) is 4. The van der Waals surface area contributed by atoms with Crippen LogP contribution in [0.2, 0.25) is 0 Å². The van der Waals surface area contributed by atoms with Crippen LogP contribution in [0.1, 0.15) is 31.9 Å². The van der Waals surface area contributed by atoms with E-state index in [4.69, 9.17) is 7.80 Å². The van der Waals surface area contributed by atoms with Gasteiger partial charge in [-0.3, -0.25) is 0 Å². The fraction of sp³-hybridized carbons (Fsp3) is 0.375. The van der Waals surface area contributed by atoms with Gasteiger partial charge in [0.05, 0.1) is 0 Å². The number of nitrogens with zero attached hydrogens (tertiary/aromatic N) is 1. The van der Waals surface area contributed by atoms with E-state index in [1.54, 1.807) is 33.9 Å². The van der Waals surface area contributed by atoms with Crippen LogP contribution in [-0.4, -0.2) is 40.2 Å². The molecular formula is C24H26F4INO4. The number of halogens is 5. The minimum atomic E-state index is -4.78. The number of carbonyl (C=O) groups excluding carboxylic acids is 1. The predicted octanol–water partition coefficient (Wildman–Crippen LogP) is 6.95. The van der Waals surface area contributed by atoms with Crippen LogP contribution in [0.5, 0.6) is 5.75 Å². The first-order valence-electron chi connectivity index (χ1n) is 10.4. The van der Waals surface area contributed by atoms with Gasteiger partial charge in [-0.1, -0.05) is 0 Å². The van der Waals surface area contributed by atoms with Crippen LogP contribution in [0, 0.1) is 3.57 Å². The molecule has 0 saturated heterocycles. The Balaban J connectivity index is 1.64. The zero-order valence-corrected chi connectivity index (χ0v) is 21.4. The maximum absolute atomic E-state index is 14.9. The van der Waals surface area contributed by atoms with Crippen molar-refractivity contribution in [3.63, 3.8) is 0 Å². The topological polar surface area (TPSA) is 48.0 Å². The molecular weight excluding hydrogens is 569 g/mol. The number of amides is 1. The van der Waals surface area contributed by atoms with Crippen LogP contribution in [0.25, 0.3) is 5.76 Å². The van der Waals surface area contributed by atoms with Crippen molar-refractivity contribution in [3.05, 3.63) is 69.8 Å². The van der Waals surface area contributed by atoms with Gasteiger partial charge in [0.15, 0.2) is 0 Å². The molecule has 10 heteroatoms. The molecule has 2 aromatic rings. The zero-order valence-electron chi connectivity index (χ0n) is 19.2. The Labute approximate surface area is 203 Å². The van der Waals surface area contributed by atoms with Gasteiger partial charge in [0, 0.05) is 0 Å². The number of likely N-dealkylation sites (N-methyl/N-ethyl adjacent to an activating group) is 1. The van der Waals surface area contributed by atoms with Gasteiger partial charge in [-0.2, -0.15) is 0 Å². The van der Waals surface area contributed by atoms with E-state index in [-0.39, 0.29) is 9.33 Å². The van der Waals surface area contributed by atoms with E-state index in [1.165, 1.54) is 47.4 Å². The Morgan fingerprint density at radius 2 is 1.68 bits per heavy atom. The molecule has 0 fully saturated rings. The van der Waals surface area contributed by atoms with Gasteiger partial charge in [0.1, 0.15) is 5.60 Å². The van der Waals surface area contributed by atoms with E-state index in [1.807, 2.05) is 0 Å². The first kappa shape index (κ1) is 26.1. The fourth-order valence-corrected chi connectivity index (χ4v) is 7.18. The monoisotopic (exact) mass is 595 g/mol. The van der Waals surface area contributed by atoms with Crippen molar-refractivity contribution in [3.8, 4) is 5.75 Å². The van der Waals surface area contributed by atoms with E-state index < -0.39 is 47.7 Å². The number of rotatable bonds is 7. The van der Waals surface area contributed by atoms with Crippen molar-refractivity contribution in [2.45, 2.75) is 42.8 Å². The molecule has 1 aliphatic rings. The molecule has 0 unspecified atom stereocenters. The number of carbonyl (C=O) groups is 1. The summed E-state index contributed by atoms with van der Waals surface area (Å²) in [5, 5.41) is 0. The molecule has 0 aromatic heterocycles. The molecule has 0 saturated carbocycles. The molecule has 5 nitrogen and oxygen atoms in total. The second-order valence-electron chi connectivity index (χ2n) is 8.64. The molecule has 0 radical (unpaired) electrons. The quantitative estimate of drug-likeness (QED) is 0.198. The molecule has 0 spiro atoms. The van der Waals surface area contributed by atoms with Gasteiger partial charge in [-0.15, -0.1) is 0 Å². The van der Waals surface area contributed by atoms with E-state index in [0.717, 1.165) is 0 Å². The zero-order chi connectivity index (χ0) is 25.3. The molecule has 0 bridgehead atoms. The summed E-state index contributed by atoms with van der Waals surface area (Å²) < 4.78 is 69.5.